The number of nitriles is 2. The molecule has 6 heteroatoms. The van der Waals surface area contributed by atoms with Gasteiger partial charge in [0.2, 0.25) is 0 Å². The lowest BCUT2D eigenvalue weighted by Crippen LogP contribution is -2.37. The van der Waals surface area contributed by atoms with Crippen LogP contribution in [0.3, 0.4) is 0 Å². The quantitative estimate of drug-likeness (QED) is 0.521. The standard InChI is InChI=1S/C8H9N3O3/c1-11-7(8(12)13-2)5(3-9)6(4-10)14-11/h5-7H,1-2H3/t5-,6+,7-/m0/s1. The number of likely N-dealkylation sites (N-methyl/N-ethyl adjacent to an activating group) is 1. The maximum absolute atomic E-state index is 11.3. The minimum absolute atomic E-state index is 0.572. The first-order valence-electron chi connectivity index (χ1n) is 3.92. The maximum atomic E-state index is 11.3. The number of ether oxygens (including phenoxy) is 1. The molecule has 0 aromatic heterocycles. The van der Waals surface area contributed by atoms with Crippen LogP contribution >= 0.6 is 0 Å². The van der Waals surface area contributed by atoms with E-state index >= 15 is 0 Å². The van der Waals surface area contributed by atoms with Crippen molar-refractivity contribution >= 4 is 5.97 Å². The summed E-state index contributed by atoms with van der Waals surface area (Å²) in [6.07, 6.45) is -0.908. The second kappa shape index (κ2) is 4.05. The average Bonchev–Trinajstić information content (AvgIpc) is 2.53. The highest BCUT2D eigenvalue weighted by atomic mass is 16.7. The lowest BCUT2D eigenvalue weighted by atomic mass is 9.97. The molecule has 0 spiro atoms. The number of carbonyl (C=O) groups is 1. The Morgan fingerprint density at radius 1 is 1.50 bits per heavy atom. The molecule has 1 aliphatic rings. The largest absolute Gasteiger partial charge is 0.468 e. The second-order valence-corrected chi connectivity index (χ2v) is 2.82. The molecule has 1 fully saturated rings. The molecule has 3 atom stereocenters. The SMILES string of the molecule is COC(=O)[C@@H]1[C@@H](C#N)[C@@H](C#N)ON1C. The van der Waals surface area contributed by atoms with Gasteiger partial charge in [-0.3, -0.25) is 9.63 Å². The van der Waals surface area contributed by atoms with E-state index in [0.29, 0.717) is 0 Å². The van der Waals surface area contributed by atoms with Crippen molar-refractivity contribution in [2.75, 3.05) is 14.2 Å². The van der Waals surface area contributed by atoms with Crippen molar-refractivity contribution in [3.05, 3.63) is 0 Å². The van der Waals surface area contributed by atoms with Gasteiger partial charge >= 0.3 is 5.97 Å². The molecule has 1 rings (SSSR count). The molecule has 0 N–H and O–H groups in total. The number of nitrogens with zero attached hydrogens (tertiary/aromatic N) is 3. The third kappa shape index (κ3) is 1.53. The molecule has 74 valence electrons. The number of rotatable bonds is 1. The van der Waals surface area contributed by atoms with Gasteiger partial charge in [0.15, 0.2) is 12.1 Å². The van der Waals surface area contributed by atoms with Gasteiger partial charge in [-0.15, -0.1) is 0 Å². The van der Waals surface area contributed by atoms with Gasteiger partial charge in [0.1, 0.15) is 5.92 Å². The third-order valence-electron chi connectivity index (χ3n) is 2.06. The fourth-order valence-electron chi connectivity index (χ4n) is 1.36. The predicted octanol–water partition coefficient (Wildman–Crippen LogP) is -0.563. The van der Waals surface area contributed by atoms with E-state index in [1.54, 1.807) is 0 Å². The molecular weight excluding hydrogens is 186 g/mol. The minimum Gasteiger partial charge on any atom is -0.468 e. The maximum Gasteiger partial charge on any atom is 0.327 e. The molecule has 1 saturated heterocycles. The smallest absolute Gasteiger partial charge is 0.327 e. The van der Waals surface area contributed by atoms with Crippen LogP contribution in [-0.4, -0.2) is 37.3 Å². The summed E-state index contributed by atoms with van der Waals surface area (Å²) >= 11 is 0. The molecule has 0 unspecified atom stereocenters. The summed E-state index contributed by atoms with van der Waals surface area (Å²) < 4.78 is 4.51. The summed E-state index contributed by atoms with van der Waals surface area (Å²) in [4.78, 5) is 16.2. The molecule has 6 nitrogen and oxygen atoms in total. The Morgan fingerprint density at radius 3 is 2.57 bits per heavy atom. The first-order chi connectivity index (χ1) is 6.65. The van der Waals surface area contributed by atoms with Crippen molar-refractivity contribution in [2.24, 2.45) is 5.92 Å². The highest BCUT2D eigenvalue weighted by molar-refractivity contribution is 5.77. The Hall–Kier alpha value is -1.63. The number of methoxy groups -OCH3 is 1. The summed E-state index contributed by atoms with van der Waals surface area (Å²) in [5.74, 6) is -1.38. The highest BCUT2D eigenvalue weighted by Crippen LogP contribution is 2.26. The Morgan fingerprint density at radius 2 is 2.14 bits per heavy atom. The average molecular weight is 195 g/mol. The summed E-state index contributed by atoms with van der Waals surface area (Å²) in [7, 11) is 2.72. The van der Waals surface area contributed by atoms with E-state index in [0.717, 1.165) is 0 Å². The molecular formula is C8H9N3O3. The Bertz CT molecular complexity index is 317. The van der Waals surface area contributed by atoms with Crippen LogP contribution in [0.2, 0.25) is 0 Å². The molecule has 14 heavy (non-hydrogen) atoms. The molecule has 0 radical (unpaired) electrons. The van der Waals surface area contributed by atoms with Crippen molar-refractivity contribution < 1.29 is 14.4 Å². The Labute approximate surface area is 81.2 Å². The number of hydrogen-bond donors (Lipinski definition) is 0. The van der Waals surface area contributed by atoms with Crippen molar-refractivity contribution in [1.82, 2.24) is 5.06 Å². The fourth-order valence-corrected chi connectivity index (χ4v) is 1.36. The third-order valence-corrected chi connectivity index (χ3v) is 2.06. The van der Waals surface area contributed by atoms with E-state index in [1.807, 2.05) is 12.1 Å². The van der Waals surface area contributed by atoms with Crippen LogP contribution < -0.4 is 0 Å². The van der Waals surface area contributed by atoms with Crippen molar-refractivity contribution in [1.29, 1.82) is 10.5 Å². The lowest BCUT2D eigenvalue weighted by Gasteiger charge is -2.15. The molecule has 0 bridgehead atoms. The van der Waals surface area contributed by atoms with Crippen LogP contribution in [-0.2, 0) is 14.4 Å². The fraction of sp³-hybridized carbons (Fsp3) is 0.625. The normalized spacial score (nSPS) is 31.9. The van der Waals surface area contributed by atoms with E-state index in [1.165, 1.54) is 19.2 Å². The predicted molar refractivity (Wildman–Crippen MR) is 43.2 cm³/mol. The number of hydrogen-bond acceptors (Lipinski definition) is 6. The topological polar surface area (TPSA) is 86.3 Å². The van der Waals surface area contributed by atoms with Crippen molar-refractivity contribution in [3.8, 4) is 12.1 Å². The van der Waals surface area contributed by atoms with Crippen LogP contribution in [0.4, 0.5) is 0 Å². The number of esters is 1. The van der Waals surface area contributed by atoms with Gasteiger partial charge in [-0.05, 0) is 0 Å². The molecule has 0 aromatic carbocycles. The lowest BCUT2D eigenvalue weighted by molar-refractivity contribution is -0.165. The molecule has 0 aromatic rings. The Balaban J connectivity index is 2.90. The van der Waals surface area contributed by atoms with Gasteiger partial charge in [0.05, 0.1) is 19.2 Å². The summed E-state index contributed by atoms with van der Waals surface area (Å²) in [5, 5.41) is 18.6. The number of carbonyl (C=O) groups excluding carboxylic acids is 1. The van der Waals surface area contributed by atoms with Crippen LogP contribution in [0.1, 0.15) is 0 Å². The zero-order valence-electron chi connectivity index (χ0n) is 7.80. The van der Waals surface area contributed by atoms with Gasteiger partial charge in [0, 0.05) is 7.05 Å². The molecule has 0 amide bonds. The van der Waals surface area contributed by atoms with Crippen molar-refractivity contribution in [3.63, 3.8) is 0 Å². The molecule has 0 aliphatic carbocycles. The molecule has 1 aliphatic heterocycles. The number of hydroxylamine groups is 2. The van der Waals surface area contributed by atoms with Gasteiger partial charge < -0.3 is 4.74 Å². The minimum atomic E-state index is -0.908. The summed E-state index contributed by atoms with van der Waals surface area (Å²) in [5.41, 5.74) is 0. The molecule has 1 heterocycles. The van der Waals surface area contributed by atoms with Crippen LogP contribution in [0.25, 0.3) is 0 Å². The van der Waals surface area contributed by atoms with Gasteiger partial charge in [-0.2, -0.15) is 15.6 Å². The zero-order valence-corrected chi connectivity index (χ0v) is 7.80. The monoisotopic (exact) mass is 195 g/mol. The van der Waals surface area contributed by atoms with E-state index in [4.69, 9.17) is 15.4 Å². The first kappa shape index (κ1) is 10.5. The zero-order chi connectivity index (χ0) is 10.7. The van der Waals surface area contributed by atoms with Crippen LogP contribution in [0, 0.1) is 28.6 Å². The van der Waals surface area contributed by atoms with Gasteiger partial charge in [-0.25, -0.2) is 0 Å². The molecule has 0 saturated carbocycles. The van der Waals surface area contributed by atoms with E-state index in [9.17, 15) is 4.79 Å². The van der Waals surface area contributed by atoms with E-state index < -0.39 is 24.0 Å². The van der Waals surface area contributed by atoms with Gasteiger partial charge in [-0.1, -0.05) is 0 Å². The summed E-state index contributed by atoms with van der Waals surface area (Å²) in [6, 6.07) is 2.86. The Kier molecular flexibility index (Phi) is 3.03. The summed E-state index contributed by atoms with van der Waals surface area (Å²) in [6.45, 7) is 0. The van der Waals surface area contributed by atoms with E-state index in [-0.39, 0.29) is 0 Å². The second-order valence-electron chi connectivity index (χ2n) is 2.82. The van der Waals surface area contributed by atoms with Crippen LogP contribution in [0.15, 0.2) is 0 Å². The first-order valence-corrected chi connectivity index (χ1v) is 3.92. The van der Waals surface area contributed by atoms with Gasteiger partial charge in [0.25, 0.3) is 0 Å². The van der Waals surface area contributed by atoms with E-state index in [2.05, 4.69) is 4.74 Å². The highest BCUT2D eigenvalue weighted by Gasteiger charge is 2.47. The van der Waals surface area contributed by atoms with Crippen molar-refractivity contribution in [2.45, 2.75) is 12.1 Å². The van der Waals surface area contributed by atoms with Crippen LogP contribution in [0.5, 0.6) is 0 Å².